The molecule has 0 atom stereocenters. The Bertz CT molecular complexity index is 1610. The second-order valence-electron chi connectivity index (χ2n) is 8.07. The number of carbonyl (C=O) groups is 1. The zero-order valence-electron chi connectivity index (χ0n) is 19.1. The molecule has 3 aromatic heterocycles. The highest BCUT2D eigenvalue weighted by atomic mass is 32.2. The molecule has 13 heteroatoms. The molecule has 37 heavy (non-hydrogen) atoms. The zero-order valence-corrected chi connectivity index (χ0v) is 19.9. The Morgan fingerprint density at radius 1 is 1.14 bits per heavy atom. The van der Waals surface area contributed by atoms with E-state index in [1.165, 1.54) is 45.7 Å². The average molecular weight is 529 g/mol. The van der Waals surface area contributed by atoms with Crippen LogP contribution in [0.15, 0.2) is 75.5 Å². The van der Waals surface area contributed by atoms with Crippen LogP contribution in [0.1, 0.15) is 11.1 Å². The van der Waals surface area contributed by atoms with Crippen LogP contribution in [0.4, 0.5) is 13.2 Å². The number of alkyl halides is 3. The Morgan fingerprint density at radius 2 is 1.97 bits per heavy atom. The molecule has 1 N–H and O–H groups in total. The highest BCUT2D eigenvalue weighted by Gasteiger charge is 2.30. The van der Waals surface area contributed by atoms with Crippen molar-refractivity contribution < 1.29 is 22.4 Å². The van der Waals surface area contributed by atoms with E-state index in [2.05, 4.69) is 20.4 Å². The van der Waals surface area contributed by atoms with Crippen LogP contribution in [-0.2, 0) is 24.1 Å². The molecule has 5 aromatic rings. The molecule has 0 saturated heterocycles. The van der Waals surface area contributed by atoms with Crippen LogP contribution in [-0.4, -0.2) is 42.5 Å². The van der Waals surface area contributed by atoms with E-state index in [1.54, 1.807) is 6.07 Å². The van der Waals surface area contributed by atoms with Gasteiger partial charge in [-0.05, 0) is 29.8 Å². The first kappa shape index (κ1) is 24.6. The summed E-state index contributed by atoms with van der Waals surface area (Å²) >= 11 is 1.18. The molecule has 9 nitrogen and oxygen atoms in total. The summed E-state index contributed by atoms with van der Waals surface area (Å²) in [4.78, 5) is 33.6. The molecule has 0 aliphatic carbocycles. The molecule has 0 aliphatic rings. The van der Waals surface area contributed by atoms with Crippen LogP contribution in [0, 0.1) is 0 Å². The Hall–Kier alpha value is -4.13. The smallest absolute Gasteiger partial charge is 0.416 e. The van der Waals surface area contributed by atoms with E-state index in [0.29, 0.717) is 22.0 Å². The van der Waals surface area contributed by atoms with E-state index < -0.39 is 17.3 Å². The standard InChI is InChI=1S/C24H19F3N6O3S/c25-24(26,27)16-5-3-4-15(10-16)12-32-14-29-21-17(22(32)35)11-30-33(21)9-8-28-20(34)13-37-23-31-18-6-1-2-7-19(18)36-23/h1-7,10-11,14H,8-9,12-13H2,(H,28,34). The lowest BCUT2D eigenvalue weighted by atomic mass is 10.1. The number of thioether (sulfide) groups is 1. The van der Waals surface area contributed by atoms with Gasteiger partial charge in [-0.25, -0.2) is 14.6 Å². The van der Waals surface area contributed by atoms with Gasteiger partial charge in [-0.15, -0.1) is 0 Å². The minimum absolute atomic E-state index is 0.0648. The van der Waals surface area contributed by atoms with Crippen LogP contribution in [0.25, 0.3) is 22.1 Å². The molecule has 0 radical (unpaired) electrons. The predicted octanol–water partition coefficient (Wildman–Crippen LogP) is 3.71. The van der Waals surface area contributed by atoms with Gasteiger partial charge in [0.1, 0.15) is 17.2 Å². The van der Waals surface area contributed by atoms with Gasteiger partial charge in [-0.3, -0.25) is 14.2 Å². The maximum Gasteiger partial charge on any atom is 0.416 e. The second kappa shape index (κ2) is 10.1. The SMILES string of the molecule is O=C(CSc1nc2ccccc2o1)NCCn1ncc2c(=O)n(Cc3cccc(C(F)(F)F)c3)cnc21. The number of carbonyl (C=O) groups excluding carboxylic acids is 1. The molecule has 190 valence electrons. The lowest BCUT2D eigenvalue weighted by molar-refractivity contribution is -0.137. The molecular formula is C24H19F3N6O3S. The molecule has 0 bridgehead atoms. The maximum atomic E-state index is 13.0. The van der Waals surface area contributed by atoms with Gasteiger partial charge in [0.25, 0.3) is 10.8 Å². The highest BCUT2D eigenvalue weighted by Crippen LogP contribution is 2.29. The van der Waals surface area contributed by atoms with E-state index in [1.807, 2.05) is 18.2 Å². The Balaban J connectivity index is 1.18. The normalized spacial score (nSPS) is 11.9. The molecule has 0 fully saturated rings. The lowest BCUT2D eigenvalue weighted by Crippen LogP contribution is -2.29. The third kappa shape index (κ3) is 5.50. The van der Waals surface area contributed by atoms with Crippen LogP contribution in [0.2, 0.25) is 0 Å². The van der Waals surface area contributed by atoms with Crippen molar-refractivity contribution in [3.63, 3.8) is 0 Å². The lowest BCUT2D eigenvalue weighted by Gasteiger charge is -2.10. The molecule has 0 aliphatic heterocycles. The summed E-state index contributed by atoms with van der Waals surface area (Å²) in [5.41, 5.74) is 0.806. The number of benzene rings is 2. The second-order valence-corrected chi connectivity index (χ2v) is 8.99. The van der Waals surface area contributed by atoms with Crippen molar-refractivity contribution in [3.8, 4) is 0 Å². The number of nitrogens with zero attached hydrogens (tertiary/aromatic N) is 5. The van der Waals surface area contributed by atoms with E-state index in [-0.39, 0.29) is 36.7 Å². The van der Waals surface area contributed by atoms with E-state index in [0.717, 1.165) is 17.6 Å². The Morgan fingerprint density at radius 3 is 2.78 bits per heavy atom. The largest absolute Gasteiger partial charge is 0.431 e. The molecular weight excluding hydrogens is 509 g/mol. The summed E-state index contributed by atoms with van der Waals surface area (Å²) in [6.07, 6.45) is -1.83. The number of fused-ring (bicyclic) bond motifs is 2. The monoisotopic (exact) mass is 528 g/mol. The van der Waals surface area contributed by atoms with E-state index in [9.17, 15) is 22.8 Å². The van der Waals surface area contributed by atoms with E-state index in [4.69, 9.17) is 4.42 Å². The van der Waals surface area contributed by atoms with E-state index >= 15 is 0 Å². The number of rotatable bonds is 8. The Labute approximate surface area is 211 Å². The fourth-order valence-corrected chi connectivity index (χ4v) is 4.38. The molecule has 0 unspecified atom stereocenters. The first-order valence-corrected chi connectivity index (χ1v) is 12.1. The molecule has 5 rings (SSSR count). The van der Waals surface area contributed by atoms with Crippen molar-refractivity contribution in [2.45, 2.75) is 24.5 Å². The highest BCUT2D eigenvalue weighted by molar-refractivity contribution is 7.99. The van der Waals surface area contributed by atoms with Gasteiger partial charge in [0.15, 0.2) is 11.2 Å². The first-order chi connectivity index (χ1) is 17.8. The number of oxazole rings is 1. The zero-order chi connectivity index (χ0) is 26.0. The fraction of sp³-hybridized carbons (Fsp3) is 0.208. The summed E-state index contributed by atoms with van der Waals surface area (Å²) in [5, 5.41) is 7.58. The van der Waals surface area contributed by atoms with Crippen molar-refractivity contribution in [2.24, 2.45) is 0 Å². The minimum atomic E-state index is -4.47. The fourth-order valence-electron chi connectivity index (χ4n) is 3.71. The van der Waals surface area contributed by atoms with Crippen molar-refractivity contribution in [1.82, 2.24) is 29.6 Å². The number of aromatic nitrogens is 5. The first-order valence-electron chi connectivity index (χ1n) is 11.1. The topological polar surface area (TPSA) is 108 Å². The van der Waals surface area contributed by atoms with Crippen molar-refractivity contribution in [3.05, 3.63) is 82.5 Å². The quantitative estimate of drug-likeness (QED) is 0.306. The van der Waals surface area contributed by atoms with Gasteiger partial charge in [0.2, 0.25) is 5.91 Å². The summed E-state index contributed by atoms with van der Waals surface area (Å²) in [5.74, 6) is -0.106. The van der Waals surface area contributed by atoms with Gasteiger partial charge >= 0.3 is 6.18 Å². The van der Waals surface area contributed by atoms with Gasteiger partial charge in [0, 0.05) is 6.54 Å². The molecule has 3 heterocycles. The van der Waals surface area contributed by atoms with Crippen molar-refractivity contribution in [1.29, 1.82) is 0 Å². The number of hydrogen-bond acceptors (Lipinski definition) is 7. The number of halogens is 3. The number of amides is 1. The van der Waals surface area contributed by atoms with Crippen LogP contribution in [0.5, 0.6) is 0 Å². The number of hydrogen-bond donors (Lipinski definition) is 1. The third-order valence-corrected chi connectivity index (χ3v) is 6.30. The summed E-state index contributed by atoms with van der Waals surface area (Å²) < 4.78 is 47.2. The minimum Gasteiger partial charge on any atom is -0.431 e. The van der Waals surface area contributed by atoms with Crippen molar-refractivity contribution in [2.75, 3.05) is 12.3 Å². The van der Waals surface area contributed by atoms with Crippen LogP contribution >= 0.6 is 11.8 Å². The van der Waals surface area contributed by atoms with Crippen molar-refractivity contribution >= 4 is 39.8 Å². The van der Waals surface area contributed by atoms with Gasteiger partial charge in [0.05, 0.1) is 30.6 Å². The molecule has 1 amide bonds. The summed E-state index contributed by atoms with van der Waals surface area (Å²) in [6.45, 7) is 0.455. The number of para-hydroxylation sites is 2. The van der Waals surface area contributed by atoms with Gasteiger partial charge in [-0.2, -0.15) is 18.3 Å². The molecule has 2 aromatic carbocycles. The summed E-state index contributed by atoms with van der Waals surface area (Å²) in [6, 6.07) is 12.1. The maximum absolute atomic E-state index is 13.0. The summed E-state index contributed by atoms with van der Waals surface area (Å²) in [7, 11) is 0. The average Bonchev–Trinajstić information content (AvgIpc) is 3.48. The molecule has 0 spiro atoms. The third-order valence-electron chi connectivity index (χ3n) is 5.48. The van der Waals surface area contributed by atoms with Crippen LogP contribution < -0.4 is 10.9 Å². The number of nitrogens with one attached hydrogen (secondary N) is 1. The predicted molar refractivity (Wildman–Crippen MR) is 130 cm³/mol. The van der Waals surface area contributed by atoms with Gasteiger partial charge in [-0.1, -0.05) is 36.0 Å². The Kier molecular flexibility index (Phi) is 6.70. The molecule has 0 saturated carbocycles. The van der Waals surface area contributed by atoms with Gasteiger partial charge < -0.3 is 9.73 Å². The van der Waals surface area contributed by atoms with Crippen LogP contribution in [0.3, 0.4) is 0 Å².